The maximum absolute atomic E-state index is 11.8. The van der Waals surface area contributed by atoms with Crippen LogP contribution in [0.5, 0.6) is 0 Å². The topological polar surface area (TPSA) is 87.3 Å². The van der Waals surface area contributed by atoms with Gasteiger partial charge in [-0.1, -0.05) is 0 Å². The van der Waals surface area contributed by atoms with Gasteiger partial charge in [0.2, 0.25) is 5.56 Å². The number of hydrogen-bond acceptors (Lipinski definition) is 4. The molecule has 1 amide bonds. The number of sulfone groups is 1. The number of hydrogen-bond donors (Lipinski definition) is 1. The zero-order valence-electron chi connectivity index (χ0n) is 9.63. The average Bonchev–Trinajstić information content (AvgIpc) is 2.25. The lowest BCUT2D eigenvalue weighted by Gasteiger charge is -2.16. The summed E-state index contributed by atoms with van der Waals surface area (Å²) in [7, 11) is -1.58. The quantitative estimate of drug-likeness (QED) is 0.788. The maximum Gasteiger partial charge on any atom is 0.255 e. The van der Waals surface area contributed by atoms with Gasteiger partial charge in [-0.05, 0) is 6.07 Å². The van der Waals surface area contributed by atoms with Gasteiger partial charge >= 0.3 is 0 Å². The van der Waals surface area contributed by atoms with Crippen molar-refractivity contribution in [1.82, 2.24) is 9.88 Å². The summed E-state index contributed by atoms with van der Waals surface area (Å²) in [5.74, 6) is -0.414. The van der Waals surface area contributed by atoms with E-state index in [1.807, 2.05) is 0 Å². The number of aromatic amines is 1. The van der Waals surface area contributed by atoms with Crippen molar-refractivity contribution < 1.29 is 13.2 Å². The summed E-state index contributed by atoms with van der Waals surface area (Å²) in [6.07, 6.45) is 2.42. The predicted molar refractivity (Wildman–Crippen MR) is 63.7 cm³/mol. The fourth-order valence-electron chi connectivity index (χ4n) is 1.17. The molecule has 1 heterocycles. The van der Waals surface area contributed by atoms with Gasteiger partial charge in [-0.3, -0.25) is 9.59 Å². The van der Waals surface area contributed by atoms with Gasteiger partial charge in [0, 0.05) is 32.1 Å². The molecule has 1 N–H and O–H groups in total. The summed E-state index contributed by atoms with van der Waals surface area (Å²) in [6, 6.07) is 2.65. The third-order valence-corrected chi connectivity index (χ3v) is 3.10. The van der Waals surface area contributed by atoms with E-state index in [9.17, 15) is 18.0 Å². The summed E-state index contributed by atoms with van der Waals surface area (Å²) < 4.78 is 21.9. The third-order valence-electron chi connectivity index (χ3n) is 2.18. The average molecular weight is 258 g/mol. The molecule has 0 radical (unpaired) electrons. The Labute approximate surface area is 99.2 Å². The lowest BCUT2D eigenvalue weighted by Crippen LogP contribution is -2.31. The molecule has 0 aliphatic carbocycles. The van der Waals surface area contributed by atoms with E-state index in [1.54, 1.807) is 0 Å². The minimum absolute atomic E-state index is 0.0847. The molecule has 0 atom stereocenters. The lowest BCUT2D eigenvalue weighted by molar-refractivity contribution is 0.0803. The molecule has 0 aliphatic rings. The molecule has 0 bridgehead atoms. The first kappa shape index (κ1) is 13.4. The van der Waals surface area contributed by atoms with E-state index in [-0.39, 0.29) is 23.8 Å². The Morgan fingerprint density at radius 1 is 1.41 bits per heavy atom. The van der Waals surface area contributed by atoms with Gasteiger partial charge in [0.05, 0.1) is 11.3 Å². The second-order valence-electron chi connectivity index (χ2n) is 3.80. The van der Waals surface area contributed by atoms with E-state index >= 15 is 0 Å². The Morgan fingerprint density at radius 2 is 2.06 bits per heavy atom. The Bertz CT molecular complexity index is 541. The summed E-state index contributed by atoms with van der Waals surface area (Å²) in [5.41, 5.74) is 0.0286. The second-order valence-corrected chi connectivity index (χ2v) is 6.06. The van der Waals surface area contributed by atoms with Gasteiger partial charge in [0.25, 0.3) is 5.91 Å². The summed E-state index contributed by atoms with van der Waals surface area (Å²) in [4.78, 5) is 26.3. The van der Waals surface area contributed by atoms with E-state index in [2.05, 4.69) is 4.98 Å². The molecule has 1 aromatic heterocycles. The Morgan fingerprint density at radius 3 is 2.53 bits per heavy atom. The first-order valence-electron chi connectivity index (χ1n) is 4.91. The molecule has 0 aliphatic heterocycles. The Kier molecular flexibility index (Phi) is 4.06. The van der Waals surface area contributed by atoms with Gasteiger partial charge in [-0.2, -0.15) is 0 Å². The highest BCUT2D eigenvalue weighted by molar-refractivity contribution is 7.90. The fraction of sp³-hybridized carbons (Fsp3) is 0.400. The number of aromatic nitrogens is 1. The number of carbonyl (C=O) groups is 1. The van der Waals surface area contributed by atoms with Gasteiger partial charge in [0.1, 0.15) is 9.84 Å². The minimum atomic E-state index is -3.09. The van der Waals surface area contributed by atoms with Crippen molar-refractivity contribution in [2.45, 2.75) is 0 Å². The maximum atomic E-state index is 11.8. The SMILES string of the molecule is CN(CCS(C)(=O)=O)C(=O)c1ccc(=O)[nH]c1. The zero-order chi connectivity index (χ0) is 13.1. The number of H-pyrrole nitrogens is 1. The molecule has 94 valence electrons. The zero-order valence-corrected chi connectivity index (χ0v) is 10.5. The van der Waals surface area contributed by atoms with Crippen LogP contribution in [0.4, 0.5) is 0 Å². The van der Waals surface area contributed by atoms with E-state index in [4.69, 9.17) is 0 Å². The predicted octanol–water partition coefficient (Wildman–Crippen LogP) is -0.509. The molecule has 0 fully saturated rings. The van der Waals surface area contributed by atoms with Crippen molar-refractivity contribution in [3.63, 3.8) is 0 Å². The van der Waals surface area contributed by atoms with Crippen LogP contribution in [0.3, 0.4) is 0 Å². The highest BCUT2D eigenvalue weighted by atomic mass is 32.2. The van der Waals surface area contributed by atoms with Crippen molar-refractivity contribution in [2.24, 2.45) is 0 Å². The van der Waals surface area contributed by atoms with Gasteiger partial charge in [-0.25, -0.2) is 8.42 Å². The standard InChI is InChI=1S/C10H14N2O4S/c1-12(5-6-17(2,15)16)10(14)8-3-4-9(13)11-7-8/h3-4,7H,5-6H2,1-2H3,(H,11,13). The molecule has 1 aromatic rings. The molecule has 17 heavy (non-hydrogen) atoms. The van der Waals surface area contributed by atoms with Crippen LogP contribution in [0, 0.1) is 0 Å². The summed E-state index contributed by atoms with van der Waals surface area (Å²) in [5, 5.41) is 0. The van der Waals surface area contributed by atoms with Crippen LogP contribution in [-0.4, -0.2) is 49.8 Å². The molecule has 0 saturated heterocycles. The highest BCUT2D eigenvalue weighted by Gasteiger charge is 2.13. The second kappa shape index (κ2) is 5.13. The van der Waals surface area contributed by atoms with E-state index < -0.39 is 9.84 Å². The van der Waals surface area contributed by atoms with Crippen LogP contribution >= 0.6 is 0 Å². The number of pyridine rings is 1. The van der Waals surface area contributed by atoms with Crippen molar-refractivity contribution >= 4 is 15.7 Å². The molecule has 0 unspecified atom stereocenters. The number of carbonyl (C=O) groups excluding carboxylic acids is 1. The van der Waals surface area contributed by atoms with Crippen LogP contribution in [-0.2, 0) is 9.84 Å². The van der Waals surface area contributed by atoms with Crippen LogP contribution < -0.4 is 5.56 Å². The van der Waals surface area contributed by atoms with Crippen molar-refractivity contribution in [1.29, 1.82) is 0 Å². The van der Waals surface area contributed by atoms with Crippen molar-refractivity contribution in [2.75, 3.05) is 25.6 Å². The third kappa shape index (κ3) is 4.39. The lowest BCUT2D eigenvalue weighted by atomic mass is 10.2. The Balaban J connectivity index is 2.70. The molecule has 7 heteroatoms. The molecule has 0 saturated carbocycles. The van der Waals surface area contributed by atoms with Gasteiger partial charge < -0.3 is 9.88 Å². The minimum Gasteiger partial charge on any atom is -0.341 e. The monoisotopic (exact) mass is 258 g/mol. The fourth-order valence-corrected chi connectivity index (χ4v) is 1.77. The number of amides is 1. The highest BCUT2D eigenvalue weighted by Crippen LogP contribution is 2.00. The first-order valence-corrected chi connectivity index (χ1v) is 6.97. The normalized spacial score (nSPS) is 11.2. The number of nitrogens with zero attached hydrogens (tertiary/aromatic N) is 1. The molecule has 1 rings (SSSR count). The van der Waals surface area contributed by atoms with Crippen LogP contribution in [0.2, 0.25) is 0 Å². The van der Waals surface area contributed by atoms with Gasteiger partial charge in [0.15, 0.2) is 0 Å². The molecule has 0 aromatic carbocycles. The molecular formula is C10H14N2O4S. The van der Waals surface area contributed by atoms with Crippen LogP contribution in [0.15, 0.2) is 23.1 Å². The molecule has 6 nitrogen and oxygen atoms in total. The van der Waals surface area contributed by atoms with Crippen molar-refractivity contribution in [3.05, 3.63) is 34.2 Å². The van der Waals surface area contributed by atoms with Gasteiger partial charge in [-0.15, -0.1) is 0 Å². The molecular weight excluding hydrogens is 244 g/mol. The summed E-state index contributed by atoms with van der Waals surface area (Å²) >= 11 is 0. The smallest absolute Gasteiger partial charge is 0.255 e. The Hall–Kier alpha value is -1.63. The van der Waals surface area contributed by atoms with E-state index in [0.717, 1.165) is 6.26 Å². The molecule has 0 spiro atoms. The largest absolute Gasteiger partial charge is 0.341 e. The number of nitrogens with one attached hydrogen (secondary N) is 1. The van der Waals surface area contributed by atoms with Crippen molar-refractivity contribution in [3.8, 4) is 0 Å². The number of rotatable bonds is 4. The first-order chi connectivity index (χ1) is 7.79. The van der Waals surface area contributed by atoms with E-state index in [1.165, 1.54) is 30.3 Å². The van der Waals surface area contributed by atoms with Crippen LogP contribution in [0.25, 0.3) is 0 Å². The van der Waals surface area contributed by atoms with Crippen LogP contribution in [0.1, 0.15) is 10.4 Å². The van der Waals surface area contributed by atoms with E-state index in [0.29, 0.717) is 5.56 Å². The summed E-state index contributed by atoms with van der Waals surface area (Å²) in [6.45, 7) is 0.122.